The molecular formula is C19H29N3O5S. The minimum Gasteiger partial charge on any atom is -0.494 e. The molecule has 156 valence electrons. The summed E-state index contributed by atoms with van der Waals surface area (Å²) in [7, 11) is -3.58. The van der Waals surface area contributed by atoms with Crippen LogP contribution in [0.25, 0.3) is 0 Å². The van der Waals surface area contributed by atoms with Crippen LogP contribution < -0.4 is 10.1 Å². The minimum absolute atomic E-state index is 0.0550. The van der Waals surface area contributed by atoms with Gasteiger partial charge in [-0.25, -0.2) is 13.2 Å². The van der Waals surface area contributed by atoms with Crippen molar-refractivity contribution < 1.29 is 22.7 Å². The van der Waals surface area contributed by atoms with Crippen molar-refractivity contribution in [3.63, 3.8) is 0 Å². The van der Waals surface area contributed by atoms with Crippen LogP contribution in [0.4, 0.5) is 4.79 Å². The summed E-state index contributed by atoms with van der Waals surface area (Å²) in [5, 5.41) is 2.98. The van der Waals surface area contributed by atoms with E-state index in [1.807, 2.05) is 13.8 Å². The maximum atomic E-state index is 12.8. The van der Waals surface area contributed by atoms with Crippen LogP contribution in [0.1, 0.15) is 26.7 Å². The zero-order valence-electron chi connectivity index (χ0n) is 16.5. The zero-order valence-corrected chi connectivity index (χ0v) is 17.3. The van der Waals surface area contributed by atoms with E-state index in [4.69, 9.17) is 9.47 Å². The second-order valence-electron chi connectivity index (χ2n) is 7.09. The van der Waals surface area contributed by atoms with E-state index in [0.29, 0.717) is 25.4 Å². The maximum absolute atomic E-state index is 12.8. The molecule has 2 saturated heterocycles. The van der Waals surface area contributed by atoms with Gasteiger partial charge in [0.05, 0.1) is 23.6 Å². The van der Waals surface area contributed by atoms with Crippen LogP contribution in [0, 0.1) is 0 Å². The summed E-state index contributed by atoms with van der Waals surface area (Å²) in [4.78, 5) is 14.4. The number of ether oxygens (including phenoxy) is 2. The van der Waals surface area contributed by atoms with E-state index in [1.54, 1.807) is 29.2 Å². The molecule has 8 nitrogen and oxygen atoms in total. The number of nitrogens with one attached hydrogen (secondary N) is 1. The Morgan fingerprint density at radius 2 is 1.93 bits per heavy atom. The van der Waals surface area contributed by atoms with E-state index in [2.05, 4.69) is 5.32 Å². The lowest BCUT2D eigenvalue weighted by Crippen LogP contribution is -2.55. The molecule has 2 atom stereocenters. The summed E-state index contributed by atoms with van der Waals surface area (Å²) >= 11 is 0. The van der Waals surface area contributed by atoms with Gasteiger partial charge in [0.2, 0.25) is 10.0 Å². The van der Waals surface area contributed by atoms with E-state index in [9.17, 15) is 13.2 Å². The van der Waals surface area contributed by atoms with Gasteiger partial charge in [0.1, 0.15) is 5.75 Å². The molecule has 0 radical (unpaired) electrons. The van der Waals surface area contributed by atoms with Crippen molar-refractivity contribution in [1.82, 2.24) is 14.5 Å². The number of carbonyl (C=O) groups excluding carboxylic acids is 1. The second kappa shape index (κ2) is 9.11. The normalized spacial score (nSPS) is 22.1. The summed E-state index contributed by atoms with van der Waals surface area (Å²) in [5.74, 6) is 0.642. The molecule has 0 unspecified atom stereocenters. The fourth-order valence-corrected chi connectivity index (χ4v) is 4.95. The number of benzene rings is 1. The van der Waals surface area contributed by atoms with E-state index in [1.165, 1.54) is 4.31 Å². The largest absolute Gasteiger partial charge is 0.494 e. The minimum atomic E-state index is -3.58. The van der Waals surface area contributed by atoms with Gasteiger partial charge in [-0.15, -0.1) is 0 Å². The summed E-state index contributed by atoms with van der Waals surface area (Å²) in [6.07, 6.45) is 2.04. The summed E-state index contributed by atoms with van der Waals surface area (Å²) < 4.78 is 38.1. The molecule has 1 aromatic carbocycles. The van der Waals surface area contributed by atoms with Crippen molar-refractivity contribution in [2.24, 2.45) is 0 Å². The number of carbonyl (C=O) groups is 1. The molecule has 2 aliphatic heterocycles. The average Bonchev–Trinajstić information content (AvgIpc) is 3.24. The summed E-state index contributed by atoms with van der Waals surface area (Å²) in [6.45, 7) is 6.37. The first-order valence-electron chi connectivity index (χ1n) is 9.82. The molecule has 3 rings (SSSR count). The Labute approximate surface area is 166 Å². The van der Waals surface area contributed by atoms with Gasteiger partial charge in [0.15, 0.2) is 0 Å². The number of urea groups is 1. The summed E-state index contributed by atoms with van der Waals surface area (Å²) in [5.41, 5.74) is 0. The molecule has 0 spiro atoms. The van der Waals surface area contributed by atoms with E-state index in [0.717, 1.165) is 19.4 Å². The number of hydrogen-bond donors (Lipinski definition) is 1. The first-order valence-corrected chi connectivity index (χ1v) is 11.3. The van der Waals surface area contributed by atoms with Crippen LogP contribution in [0.5, 0.6) is 5.75 Å². The van der Waals surface area contributed by atoms with Crippen LogP contribution in [0.15, 0.2) is 29.2 Å². The van der Waals surface area contributed by atoms with Gasteiger partial charge in [-0.1, -0.05) is 0 Å². The van der Waals surface area contributed by atoms with Crippen molar-refractivity contribution in [2.45, 2.75) is 43.7 Å². The molecular weight excluding hydrogens is 382 g/mol. The second-order valence-corrected chi connectivity index (χ2v) is 9.02. The highest BCUT2D eigenvalue weighted by Gasteiger charge is 2.31. The Morgan fingerprint density at radius 1 is 1.25 bits per heavy atom. The Kier molecular flexibility index (Phi) is 6.79. The van der Waals surface area contributed by atoms with Gasteiger partial charge in [0, 0.05) is 32.8 Å². The number of piperazine rings is 1. The van der Waals surface area contributed by atoms with Crippen LogP contribution in [-0.2, 0) is 14.8 Å². The van der Waals surface area contributed by atoms with Crippen LogP contribution >= 0.6 is 0 Å². The van der Waals surface area contributed by atoms with Gasteiger partial charge < -0.3 is 19.7 Å². The Morgan fingerprint density at radius 3 is 2.50 bits per heavy atom. The van der Waals surface area contributed by atoms with Gasteiger partial charge in [-0.2, -0.15) is 4.31 Å². The molecule has 1 N–H and O–H groups in total. The smallest absolute Gasteiger partial charge is 0.317 e. The Hall–Kier alpha value is -1.84. The van der Waals surface area contributed by atoms with Crippen molar-refractivity contribution in [3.05, 3.63) is 24.3 Å². The number of hydrogen-bond acceptors (Lipinski definition) is 5. The molecule has 2 heterocycles. The third kappa shape index (κ3) is 4.76. The molecule has 0 bridgehead atoms. The third-order valence-corrected chi connectivity index (χ3v) is 7.08. The van der Waals surface area contributed by atoms with Crippen LogP contribution in [-0.4, -0.2) is 75.2 Å². The quantitative estimate of drug-likeness (QED) is 0.769. The number of amides is 2. The first kappa shape index (κ1) is 20.9. The molecule has 9 heteroatoms. The average molecular weight is 412 g/mol. The molecule has 2 aliphatic rings. The molecule has 0 saturated carbocycles. The number of nitrogens with zero attached hydrogens (tertiary/aromatic N) is 2. The standard InChI is InChI=1S/C19H29N3O5S/c1-3-26-16-6-8-17(9-7-16)28(24,25)22-12-10-21(11-13-22)19(23)20-15(2)18-5-4-14-27-18/h6-9,15,18H,3-5,10-14H2,1-2H3,(H,20,23)/t15-,18-/m1/s1. The number of sulfonamides is 1. The topological polar surface area (TPSA) is 88.2 Å². The van der Waals surface area contributed by atoms with Gasteiger partial charge in [0.25, 0.3) is 0 Å². The van der Waals surface area contributed by atoms with Gasteiger partial charge >= 0.3 is 6.03 Å². The van der Waals surface area contributed by atoms with Gasteiger partial charge in [-0.05, 0) is 51.0 Å². The Balaban J connectivity index is 1.54. The third-order valence-electron chi connectivity index (χ3n) is 5.17. The first-order chi connectivity index (χ1) is 13.4. The fourth-order valence-electron chi connectivity index (χ4n) is 3.53. The van der Waals surface area contributed by atoms with Crippen LogP contribution in [0.2, 0.25) is 0 Å². The molecule has 0 aliphatic carbocycles. The van der Waals surface area contributed by atoms with Crippen LogP contribution in [0.3, 0.4) is 0 Å². The SMILES string of the molecule is CCOc1ccc(S(=O)(=O)N2CCN(C(=O)N[C@H](C)[C@H]3CCCO3)CC2)cc1. The predicted octanol–water partition coefficient (Wildman–Crippen LogP) is 1.67. The molecule has 2 fully saturated rings. The summed E-state index contributed by atoms with van der Waals surface area (Å²) in [6, 6.07) is 6.21. The van der Waals surface area contributed by atoms with E-state index < -0.39 is 10.0 Å². The lowest BCUT2D eigenvalue weighted by molar-refractivity contribution is 0.0821. The highest BCUT2D eigenvalue weighted by Crippen LogP contribution is 2.21. The molecule has 1 aromatic rings. The fraction of sp³-hybridized carbons (Fsp3) is 0.632. The van der Waals surface area contributed by atoms with Crippen molar-refractivity contribution in [3.8, 4) is 5.75 Å². The predicted molar refractivity (Wildman–Crippen MR) is 105 cm³/mol. The lowest BCUT2D eigenvalue weighted by atomic mass is 10.1. The Bertz CT molecular complexity index is 754. The number of rotatable bonds is 6. The monoisotopic (exact) mass is 411 g/mol. The molecule has 2 amide bonds. The van der Waals surface area contributed by atoms with E-state index >= 15 is 0 Å². The van der Waals surface area contributed by atoms with E-state index in [-0.39, 0.29) is 36.2 Å². The van der Waals surface area contributed by atoms with Crippen molar-refractivity contribution in [2.75, 3.05) is 39.4 Å². The highest BCUT2D eigenvalue weighted by molar-refractivity contribution is 7.89. The van der Waals surface area contributed by atoms with Crippen molar-refractivity contribution >= 4 is 16.1 Å². The zero-order chi connectivity index (χ0) is 20.1. The van der Waals surface area contributed by atoms with Gasteiger partial charge in [-0.3, -0.25) is 0 Å². The molecule has 28 heavy (non-hydrogen) atoms. The maximum Gasteiger partial charge on any atom is 0.317 e. The lowest BCUT2D eigenvalue weighted by Gasteiger charge is -2.35. The highest BCUT2D eigenvalue weighted by atomic mass is 32.2. The molecule has 0 aromatic heterocycles. The van der Waals surface area contributed by atoms with Crippen molar-refractivity contribution in [1.29, 1.82) is 0 Å².